The van der Waals surface area contributed by atoms with Crippen LogP contribution in [-0.4, -0.2) is 11.7 Å². The number of amidine groups is 1. The molecule has 0 fully saturated rings. The van der Waals surface area contributed by atoms with Crippen LogP contribution in [0.1, 0.15) is 11.1 Å². The second-order valence-corrected chi connectivity index (χ2v) is 4.05. The number of hydrogen-bond acceptors (Lipinski definition) is 3. The number of nitrogens with two attached hydrogens (primary N) is 2. The van der Waals surface area contributed by atoms with Crippen LogP contribution >= 0.6 is 0 Å². The Kier molecular flexibility index (Phi) is 3.25. The highest BCUT2D eigenvalue weighted by atomic mass is 16.2. The number of nitrogen functional groups attached to an aromatic ring is 1. The minimum atomic E-state index is -0.227. The van der Waals surface area contributed by atoms with Crippen LogP contribution in [0.15, 0.2) is 36.4 Å². The predicted octanol–water partition coefficient (Wildman–Crippen LogP) is 0.656. The molecule has 0 heterocycles. The van der Waals surface area contributed by atoms with Gasteiger partial charge in [-0.1, -0.05) is 30.3 Å². The zero-order valence-corrected chi connectivity index (χ0v) is 9.73. The number of nitrogens with one attached hydrogen (secondary N) is 2. The Balaban J connectivity index is 2.38. The first kappa shape index (κ1) is 12.1. The van der Waals surface area contributed by atoms with Crippen molar-refractivity contribution in [2.45, 2.75) is 6.42 Å². The van der Waals surface area contributed by atoms with Crippen LogP contribution in [0.25, 0.3) is 10.8 Å². The summed E-state index contributed by atoms with van der Waals surface area (Å²) >= 11 is 0. The van der Waals surface area contributed by atoms with Gasteiger partial charge in [0.2, 0.25) is 5.91 Å². The summed E-state index contributed by atoms with van der Waals surface area (Å²) in [5.41, 5.74) is 9.12. The van der Waals surface area contributed by atoms with Gasteiger partial charge in [0.05, 0.1) is 6.42 Å². The van der Waals surface area contributed by atoms with E-state index in [1.165, 1.54) is 0 Å². The lowest BCUT2D eigenvalue weighted by molar-refractivity contribution is -0.120. The molecule has 18 heavy (non-hydrogen) atoms. The molecule has 0 saturated carbocycles. The van der Waals surface area contributed by atoms with Crippen LogP contribution in [0.5, 0.6) is 0 Å². The molecule has 6 N–H and O–H groups in total. The van der Waals surface area contributed by atoms with Crippen LogP contribution in [0.3, 0.4) is 0 Å². The molecule has 0 radical (unpaired) electrons. The fourth-order valence-electron chi connectivity index (χ4n) is 1.81. The molecular formula is C13H14N4O. The van der Waals surface area contributed by atoms with Gasteiger partial charge >= 0.3 is 0 Å². The molecule has 0 spiro atoms. The van der Waals surface area contributed by atoms with Gasteiger partial charge < -0.3 is 5.73 Å². The zero-order valence-electron chi connectivity index (χ0n) is 9.73. The Morgan fingerprint density at radius 2 is 1.83 bits per heavy atom. The van der Waals surface area contributed by atoms with Crippen LogP contribution in [-0.2, 0) is 11.2 Å². The number of hydrogen-bond donors (Lipinski definition) is 4. The Morgan fingerprint density at radius 3 is 2.50 bits per heavy atom. The maximum absolute atomic E-state index is 11.2. The number of benzene rings is 2. The summed E-state index contributed by atoms with van der Waals surface area (Å²) in [5.74, 6) is 4.87. The van der Waals surface area contributed by atoms with E-state index in [9.17, 15) is 4.79 Å². The fraction of sp³-hybridized carbons (Fsp3) is 0.0769. The van der Waals surface area contributed by atoms with E-state index in [-0.39, 0.29) is 18.2 Å². The van der Waals surface area contributed by atoms with Gasteiger partial charge in [0.1, 0.15) is 5.84 Å². The van der Waals surface area contributed by atoms with Gasteiger partial charge in [-0.2, -0.15) is 0 Å². The second-order valence-electron chi connectivity index (χ2n) is 4.05. The van der Waals surface area contributed by atoms with Crippen LogP contribution < -0.4 is 17.0 Å². The zero-order chi connectivity index (χ0) is 13.1. The van der Waals surface area contributed by atoms with Gasteiger partial charge in [-0.3, -0.25) is 15.6 Å². The molecule has 1 amide bonds. The fourth-order valence-corrected chi connectivity index (χ4v) is 1.81. The highest BCUT2D eigenvalue weighted by molar-refractivity contribution is 5.99. The molecule has 2 aromatic carbocycles. The third-order valence-corrected chi connectivity index (χ3v) is 2.74. The van der Waals surface area contributed by atoms with E-state index in [0.717, 1.165) is 16.3 Å². The predicted molar refractivity (Wildman–Crippen MR) is 71.0 cm³/mol. The molecule has 5 nitrogen and oxygen atoms in total. The van der Waals surface area contributed by atoms with Crippen LogP contribution in [0.2, 0.25) is 0 Å². The molecule has 2 rings (SSSR count). The molecular weight excluding hydrogens is 228 g/mol. The summed E-state index contributed by atoms with van der Waals surface area (Å²) in [7, 11) is 0. The van der Waals surface area contributed by atoms with Crippen molar-refractivity contribution in [3.8, 4) is 0 Å². The monoisotopic (exact) mass is 242 g/mol. The lowest BCUT2D eigenvalue weighted by Gasteiger charge is -2.05. The minimum absolute atomic E-state index is 0.0449. The van der Waals surface area contributed by atoms with Gasteiger partial charge in [-0.25, -0.2) is 5.84 Å². The van der Waals surface area contributed by atoms with Gasteiger partial charge in [-0.15, -0.1) is 0 Å². The average Bonchev–Trinajstić information content (AvgIpc) is 2.37. The molecule has 92 valence electrons. The van der Waals surface area contributed by atoms with Crippen molar-refractivity contribution in [2.24, 2.45) is 11.6 Å². The number of carbonyl (C=O) groups excluding carboxylic acids is 1. The van der Waals surface area contributed by atoms with Crippen molar-refractivity contribution in [3.05, 3.63) is 47.5 Å². The molecule has 0 aromatic heterocycles. The largest absolute Gasteiger partial charge is 0.384 e. The topological polar surface area (TPSA) is 105 Å². The molecule has 0 aliphatic carbocycles. The van der Waals surface area contributed by atoms with E-state index < -0.39 is 0 Å². The quantitative estimate of drug-likeness (QED) is 0.209. The van der Waals surface area contributed by atoms with E-state index in [2.05, 4.69) is 5.43 Å². The maximum Gasteiger partial charge on any atom is 0.238 e. The number of hydrazine groups is 1. The summed E-state index contributed by atoms with van der Waals surface area (Å²) in [4.78, 5) is 11.2. The van der Waals surface area contributed by atoms with E-state index in [1.807, 2.05) is 30.3 Å². The number of amides is 1. The van der Waals surface area contributed by atoms with Crippen LogP contribution in [0.4, 0.5) is 0 Å². The van der Waals surface area contributed by atoms with Crippen molar-refractivity contribution >= 4 is 22.5 Å². The standard InChI is InChI=1S/C13H14N4O/c14-13(15)11-4-3-9-5-8(6-12(18)17-16)1-2-10(9)7-11/h1-5,7H,6,16H2,(H3,14,15)(H,17,18). The molecule has 2 aromatic rings. The Bertz CT molecular complexity index is 621. The van der Waals surface area contributed by atoms with Crippen molar-refractivity contribution < 1.29 is 4.79 Å². The summed E-state index contributed by atoms with van der Waals surface area (Å²) in [6.45, 7) is 0. The smallest absolute Gasteiger partial charge is 0.238 e. The Morgan fingerprint density at radius 1 is 1.17 bits per heavy atom. The molecule has 5 heteroatoms. The van der Waals surface area contributed by atoms with E-state index in [4.69, 9.17) is 17.0 Å². The van der Waals surface area contributed by atoms with Crippen molar-refractivity contribution in [2.75, 3.05) is 0 Å². The Hall–Kier alpha value is -2.40. The Labute approximate surface area is 104 Å². The van der Waals surface area contributed by atoms with E-state index >= 15 is 0 Å². The van der Waals surface area contributed by atoms with E-state index in [1.54, 1.807) is 6.07 Å². The second kappa shape index (κ2) is 4.85. The SMILES string of the molecule is N=C(N)c1ccc2cc(CC(=O)NN)ccc2c1. The minimum Gasteiger partial charge on any atom is -0.384 e. The highest BCUT2D eigenvalue weighted by Crippen LogP contribution is 2.18. The summed E-state index contributed by atoms with van der Waals surface area (Å²) in [6, 6.07) is 11.2. The number of fused-ring (bicyclic) bond motifs is 1. The average molecular weight is 242 g/mol. The van der Waals surface area contributed by atoms with Crippen molar-refractivity contribution in [3.63, 3.8) is 0 Å². The summed E-state index contributed by atoms with van der Waals surface area (Å²) in [6.07, 6.45) is 0.251. The maximum atomic E-state index is 11.2. The molecule has 0 aliphatic heterocycles. The molecule has 0 atom stereocenters. The third-order valence-electron chi connectivity index (χ3n) is 2.74. The summed E-state index contributed by atoms with van der Waals surface area (Å²) < 4.78 is 0. The number of carbonyl (C=O) groups is 1. The molecule has 0 unspecified atom stereocenters. The van der Waals surface area contributed by atoms with Gasteiger partial charge in [0.15, 0.2) is 0 Å². The van der Waals surface area contributed by atoms with Gasteiger partial charge in [0.25, 0.3) is 0 Å². The molecule has 0 aliphatic rings. The van der Waals surface area contributed by atoms with Gasteiger partial charge in [-0.05, 0) is 22.4 Å². The van der Waals surface area contributed by atoms with Crippen molar-refractivity contribution in [1.29, 1.82) is 5.41 Å². The van der Waals surface area contributed by atoms with Crippen LogP contribution in [0, 0.1) is 5.41 Å². The molecule has 0 saturated heterocycles. The van der Waals surface area contributed by atoms with Gasteiger partial charge in [0, 0.05) is 5.56 Å². The lowest BCUT2D eigenvalue weighted by atomic mass is 10.0. The first-order chi connectivity index (χ1) is 8.60. The third kappa shape index (κ3) is 2.46. The first-order valence-electron chi connectivity index (χ1n) is 5.46. The van der Waals surface area contributed by atoms with E-state index in [0.29, 0.717) is 5.56 Å². The van der Waals surface area contributed by atoms with Crippen molar-refractivity contribution in [1.82, 2.24) is 5.43 Å². The normalized spacial score (nSPS) is 10.3. The highest BCUT2D eigenvalue weighted by Gasteiger charge is 2.03. The number of rotatable bonds is 3. The lowest BCUT2D eigenvalue weighted by Crippen LogP contribution is -2.31. The summed E-state index contributed by atoms with van der Waals surface area (Å²) in [5, 5.41) is 9.37. The first-order valence-corrected chi connectivity index (χ1v) is 5.46. The molecule has 0 bridgehead atoms.